The summed E-state index contributed by atoms with van der Waals surface area (Å²) in [5.41, 5.74) is 1.68. The fourth-order valence-electron chi connectivity index (χ4n) is 2.53. The fraction of sp³-hybridized carbons (Fsp3) is 0.400. The minimum absolute atomic E-state index is 0.263. The number of hydrogen-bond acceptors (Lipinski definition) is 1. The standard InChI is InChI=1S/C20H27N/c1-5-21(15-9-14-20(2,3)4)16-18-12-8-11-17-10-6-7-13-19(17)18/h6-14H,5,15-16H2,1-4H3. The molecule has 0 bridgehead atoms. The van der Waals surface area contributed by atoms with E-state index in [1.165, 1.54) is 16.3 Å². The molecule has 0 aliphatic carbocycles. The summed E-state index contributed by atoms with van der Waals surface area (Å²) in [5, 5.41) is 2.70. The topological polar surface area (TPSA) is 3.24 Å². The number of allylic oxidation sites excluding steroid dienone is 1. The smallest absolute Gasteiger partial charge is 0.0243 e. The van der Waals surface area contributed by atoms with Gasteiger partial charge in [-0.2, -0.15) is 0 Å². The van der Waals surface area contributed by atoms with E-state index in [4.69, 9.17) is 0 Å². The van der Waals surface area contributed by atoms with Gasteiger partial charge in [-0.05, 0) is 28.3 Å². The monoisotopic (exact) mass is 281 g/mol. The molecule has 2 rings (SSSR count). The van der Waals surface area contributed by atoms with Gasteiger partial charge >= 0.3 is 0 Å². The molecule has 0 saturated heterocycles. The van der Waals surface area contributed by atoms with Crippen LogP contribution in [0, 0.1) is 5.41 Å². The predicted octanol–water partition coefficient (Wildman–Crippen LogP) is 5.26. The Labute approximate surface area is 129 Å². The first kappa shape index (κ1) is 15.8. The summed E-state index contributed by atoms with van der Waals surface area (Å²) in [6.07, 6.45) is 4.60. The van der Waals surface area contributed by atoms with E-state index in [0.717, 1.165) is 19.6 Å². The van der Waals surface area contributed by atoms with Gasteiger partial charge in [-0.3, -0.25) is 4.90 Å². The molecule has 21 heavy (non-hydrogen) atoms. The zero-order chi connectivity index (χ0) is 15.3. The van der Waals surface area contributed by atoms with E-state index in [-0.39, 0.29) is 5.41 Å². The molecule has 112 valence electrons. The third kappa shape index (κ3) is 4.71. The maximum Gasteiger partial charge on any atom is 0.0243 e. The van der Waals surface area contributed by atoms with Gasteiger partial charge in [0.2, 0.25) is 0 Å². The number of fused-ring (bicyclic) bond motifs is 1. The lowest BCUT2D eigenvalue weighted by molar-refractivity contribution is 0.311. The van der Waals surface area contributed by atoms with Crippen LogP contribution in [0.15, 0.2) is 54.6 Å². The molecule has 0 saturated carbocycles. The molecule has 2 aromatic carbocycles. The lowest BCUT2D eigenvalue weighted by Crippen LogP contribution is -2.23. The first-order chi connectivity index (χ1) is 9.99. The highest BCUT2D eigenvalue weighted by Crippen LogP contribution is 2.20. The quantitative estimate of drug-likeness (QED) is 0.675. The van der Waals surface area contributed by atoms with Crippen molar-refractivity contribution in [3.8, 4) is 0 Å². The molecule has 0 spiro atoms. The Morgan fingerprint density at radius 1 is 1.00 bits per heavy atom. The zero-order valence-electron chi connectivity index (χ0n) is 13.8. The van der Waals surface area contributed by atoms with Crippen molar-refractivity contribution in [3.05, 3.63) is 60.2 Å². The van der Waals surface area contributed by atoms with E-state index < -0.39 is 0 Å². The summed E-state index contributed by atoms with van der Waals surface area (Å²) < 4.78 is 0. The summed E-state index contributed by atoms with van der Waals surface area (Å²) in [5.74, 6) is 0. The predicted molar refractivity (Wildman–Crippen MR) is 93.5 cm³/mol. The number of nitrogens with zero attached hydrogens (tertiary/aromatic N) is 1. The third-order valence-corrected chi connectivity index (χ3v) is 3.70. The second kappa shape index (κ2) is 6.91. The average Bonchev–Trinajstić information content (AvgIpc) is 2.45. The molecule has 0 aromatic heterocycles. The number of hydrogen-bond donors (Lipinski definition) is 0. The van der Waals surface area contributed by atoms with E-state index in [1.54, 1.807) is 0 Å². The Balaban J connectivity index is 2.12. The van der Waals surface area contributed by atoms with Crippen molar-refractivity contribution in [2.45, 2.75) is 34.2 Å². The largest absolute Gasteiger partial charge is 0.296 e. The first-order valence-electron chi connectivity index (χ1n) is 7.86. The maximum atomic E-state index is 2.48. The van der Waals surface area contributed by atoms with Crippen LogP contribution in [0.1, 0.15) is 33.3 Å². The molecule has 0 fully saturated rings. The molecule has 0 heterocycles. The molecular weight excluding hydrogens is 254 g/mol. The molecule has 0 unspecified atom stereocenters. The van der Waals surface area contributed by atoms with Gasteiger partial charge in [0.1, 0.15) is 0 Å². The molecule has 1 heteroatoms. The molecule has 0 radical (unpaired) electrons. The van der Waals surface area contributed by atoms with E-state index in [2.05, 4.69) is 87.2 Å². The molecule has 0 N–H and O–H groups in total. The highest BCUT2D eigenvalue weighted by atomic mass is 15.1. The van der Waals surface area contributed by atoms with Crippen molar-refractivity contribution in [1.29, 1.82) is 0 Å². The second-order valence-corrected chi connectivity index (χ2v) is 6.73. The normalized spacial score (nSPS) is 12.6. The van der Waals surface area contributed by atoms with Crippen LogP contribution >= 0.6 is 0 Å². The summed E-state index contributed by atoms with van der Waals surface area (Å²) >= 11 is 0. The van der Waals surface area contributed by atoms with Crippen LogP contribution in [0.25, 0.3) is 10.8 Å². The van der Waals surface area contributed by atoms with Crippen molar-refractivity contribution in [3.63, 3.8) is 0 Å². The van der Waals surface area contributed by atoms with Crippen molar-refractivity contribution >= 4 is 10.8 Å². The first-order valence-corrected chi connectivity index (χ1v) is 7.86. The molecule has 2 aromatic rings. The van der Waals surface area contributed by atoms with E-state index in [9.17, 15) is 0 Å². The molecule has 0 aliphatic heterocycles. The Morgan fingerprint density at radius 2 is 1.71 bits per heavy atom. The summed E-state index contributed by atoms with van der Waals surface area (Å²) in [7, 11) is 0. The van der Waals surface area contributed by atoms with Crippen molar-refractivity contribution in [2.75, 3.05) is 13.1 Å². The number of rotatable bonds is 5. The summed E-state index contributed by atoms with van der Waals surface area (Å²) in [6.45, 7) is 12.0. The minimum atomic E-state index is 0.263. The van der Waals surface area contributed by atoms with Crippen molar-refractivity contribution in [1.82, 2.24) is 4.90 Å². The molecule has 0 atom stereocenters. The SMILES string of the molecule is CCN(CC=CC(C)(C)C)Cc1cccc2ccccc12. The lowest BCUT2D eigenvalue weighted by Gasteiger charge is -2.20. The fourth-order valence-corrected chi connectivity index (χ4v) is 2.53. The van der Waals surface area contributed by atoms with Crippen LogP contribution in [0.4, 0.5) is 0 Å². The molecular formula is C20H27N. The maximum absolute atomic E-state index is 2.48. The van der Waals surface area contributed by atoms with Gasteiger partial charge in [0.05, 0.1) is 0 Å². The summed E-state index contributed by atoms with van der Waals surface area (Å²) in [4.78, 5) is 2.48. The highest BCUT2D eigenvalue weighted by molar-refractivity contribution is 5.85. The van der Waals surface area contributed by atoms with E-state index >= 15 is 0 Å². The summed E-state index contributed by atoms with van der Waals surface area (Å²) in [6, 6.07) is 15.2. The van der Waals surface area contributed by atoms with E-state index in [1.807, 2.05) is 0 Å². The molecule has 0 aliphatic rings. The average molecular weight is 281 g/mol. The van der Waals surface area contributed by atoms with Crippen LogP contribution in [0.2, 0.25) is 0 Å². The lowest BCUT2D eigenvalue weighted by atomic mass is 9.96. The third-order valence-electron chi connectivity index (χ3n) is 3.70. The number of likely N-dealkylation sites (N-methyl/N-ethyl adjacent to an activating group) is 1. The Kier molecular flexibility index (Phi) is 5.19. The number of benzene rings is 2. The highest BCUT2D eigenvalue weighted by Gasteiger charge is 2.07. The second-order valence-electron chi connectivity index (χ2n) is 6.73. The minimum Gasteiger partial charge on any atom is -0.296 e. The zero-order valence-corrected chi connectivity index (χ0v) is 13.8. The van der Waals surface area contributed by atoms with Crippen LogP contribution in [-0.4, -0.2) is 18.0 Å². The van der Waals surface area contributed by atoms with Crippen LogP contribution < -0.4 is 0 Å². The van der Waals surface area contributed by atoms with E-state index in [0.29, 0.717) is 0 Å². The van der Waals surface area contributed by atoms with Gasteiger partial charge in [-0.15, -0.1) is 0 Å². The van der Waals surface area contributed by atoms with Gasteiger partial charge < -0.3 is 0 Å². The van der Waals surface area contributed by atoms with Crippen LogP contribution in [0.5, 0.6) is 0 Å². The van der Waals surface area contributed by atoms with Crippen molar-refractivity contribution in [2.24, 2.45) is 5.41 Å². The Morgan fingerprint density at radius 3 is 2.43 bits per heavy atom. The Bertz CT molecular complexity index is 599. The van der Waals surface area contributed by atoms with Gasteiger partial charge in [-0.1, -0.05) is 82.3 Å². The van der Waals surface area contributed by atoms with Gasteiger partial charge in [0.25, 0.3) is 0 Å². The van der Waals surface area contributed by atoms with Gasteiger partial charge in [-0.25, -0.2) is 0 Å². The van der Waals surface area contributed by atoms with Crippen LogP contribution in [0.3, 0.4) is 0 Å². The molecule has 0 amide bonds. The Hall–Kier alpha value is -1.60. The van der Waals surface area contributed by atoms with Gasteiger partial charge in [0.15, 0.2) is 0 Å². The van der Waals surface area contributed by atoms with Crippen molar-refractivity contribution < 1.29 is 0 Å². The van der Waals surface area contributed by atoms with Crippen LogP contribution in [-0.2, 0) is 6.54 Å². The molecule has 1 nitrogen and oxygen atoms in total. The van der Waals surface area contributed by atoms with Gasteiger partial charge in [0, 0.05) is 13.1 Å².